The van der Waals surface area contributed by atoms with E-state index in [4.69, 9.17) is 4.74 Å². The van der Waals surface area contributed by atoms with E-state index in [-0.39, 0.29) is 11.2 Å². The summed E-state index contributed by atoms with van der Waals surface area (Å²) in [6.07, 6.45) is 5.91. The lowest BCUT2D eigenvalue weighted by Crippen LogP contribution is -2.11. The Bertz CT molecular complexity index is 656. The van der Waals surface area contributed by atoms with E-state index in [2.05, 4.69) is 21.8 Å². The Hall–Kier alpha value is -2.15. The Kier molecular flexibility index (Phi) is 4.01. The maximum atomic E-state index is 11.6. The second-order valence-electron chi connectivity index (χ2n) is 4.50. The number of cyclic esters (lactones) is 1. The van der Waals surface area contributed by atoms with Crippen molar-refractivity contribution in [1.29, 1.82) is 0 Å². The summed E-state index contributed by atoms with van der Waals surface area (Å²) in [6, 6.07) is 3.75. The molecule has 7 heteroatoms. The molecule has 0 radical (unpaired) electrons. The maximum Gasteiger partial charge on any atom is 0.319 e. The minimum atomic E-state index is -0.206. The first-order valence-electron chi connectivity index (χ1n) is 6.57. The Morgan fingerprint density at radius 3 is 2.90 bits per heavy atom. The van der Waals surface area contributed by atoms with Crippen molar-refractivity contribution in [3.05, 3.63) is 37.2 Å². The second kappa shape index (κ2) is 6.09. The quantitative estimate of drug-likeness (QED) is 0.621. The van der Waals surface area contributed by atoms with Gasteiger partial charge in [0.15, 0.2) is 11.0 Å². The Balaban J connectivity index is 1.92. The first-order valence-corrected chi connectivity index (χ1v) is 7.45. The number of thioether (sulfide) groups is 1. The van der Waals surface area contributed by atoms with Crippen molar-refractivity contribution in [2.75, 3.05) is 6.61 Å². The number of pyridine rings is 1. The average Bonchev–Trinajstić information content (AvgIpc) is 3.09. The van der Waals surface area contributed by atoms with Crippen LogP contribution in [0.1, 0.15) is 6.42 Å². The lowest BCUT2D eigenvalue weighted by atomic mass is 10.2. The molecule has 0 bridgehead atoms. The van der Waals surface area contributed by atoms with Crippen molar-refractivity contribution in [2.24, 2.45) is 0 Å². The van der Waals surface area contributed by atoms with Crippen LogP contribution >= 0.6 is 11.8 Å². The molecule has 1 saturated heterocycles. The first kappa shape index (κ1) is 13.8. The Morgan fingerprint density at radius 2 is 2.24 bits per heavy atom. The van der Waals surface area contributed by atoms with Gasteiger partial charge in [-0.3, -0.25) is 14.3 Å². The molecule has 0 unspecified atom stereocenters. The average molecular weight is 302 g/mol. The van der Waals surface area contributed by atoms with Gasteiger partial charge in [-0.25, -0.2) is 0 Å². The van der Waals surface area contributed by atoms with E-state index in [9.17, 15) is 4.79 Å². The summed E-state index contributed by atoms with van der Waals surface area (Å²) in [6.45, 7) is 4.82. The molecule has 3 rings (SSSR count). The van der Waals surface area contributed by atoms with Crippen LogP contribution < -0.4 is 0 Å². The van der Waals surface area contributed by atoms with Crippen molar-refractivity contribution >= 4 is 17.7 Å². The van der Waals surface area contributed by atoms with E-state index in [1.807, 2.05) is 16.7 Å². The van der Waals surface area contributed by atoms with Crippen LogP contribution in [0.2, 0.25) is 0 Å². The molecule has 1 atom stereocenters. The highest BCUT2D eigenvalue weighted by Crippen LogP contribution is 2.30. The van der Waals surface area contributed by atoms with Crippen molar-refractivity contribution in [2.45, 2.75) is 23.4 Å². The minimum Gasteiger partial charge on any atom is -0.465 e. The third-order valence-corrected chi connectivity index (χ3v) is 4.33. The van der Waals surface area contributed by atoms with Crippen molar-refractivity contribution in [3.63, 3.8) is 0 Å². The van der Waals surface area contributed by atoms with E-state index in [1.54, 1.807) is 18.5 Å². The monoisotopic (exact) mass is 302 g/mol. The molecule has 1 aliphatic rings. The van der Waals surface area contributed by atoms with Crippen LogP contribution in [0.15, 0.2) is 42.3 Å². The summed E-state index contributed by atoms with van der Waals surface area (Å²) in [5.41, 5.74) is 0.931. The molecule has 0 aliphatic carbocycles. The fourth-order valence-corrected chi connectivity index (χ4v) is 3.10. The molecule has 0 N–H and O–H groups in total. The van der Waals surface area contributed by atoms with Crippen LogP contribution in [0.3, 0.4) is 0 Å². The molecule has 0 aromatic carbocycles. The fraction of sp³-hybridized carbons (Fsp3) is 0.286. The summed E-state index contributed by atoms with van der Waals surface area (Å²) in [5, 5.41) is 8.94. The maximum absolute atomic E-state index is 11.6. The molecule has 21 heavy (non-hydrogen) atoms. The summed E-state index contributed by atoms with van der Waals surface area (Å²) >= 11 is 1.39. The first-order chi connectivity index (χ1) is 10.3. The third kappa shape index (κ3) is 2.82. The summed E-state index contributed by atoms with van der Waals surface area (Å²) < 4.78 is 6.93. The standard InChI is InChI=1S/C14H14N4O2S/c1-2-8-18-12(10-3-6-15-7-4-10)16-17-14(18)21-11-5-9-20-13(11)19/h2-4,6-7,11H,1,5,8-9H2/t11-/m1/s1. The number of carbonyl (C=O) groups excluding carboxylic acids is 1. The fourth-order valence-electron chi connectivity index (χ4n) is 2.10. The van der Waals surface area contributed by atoms with Gasteiger partial charge in [0.25, 0.3) is 0 Å². The SMILES string of the molecule is C=CCn1c(S[C@@H]2CCOC2=O)nnc1-c1ccncc1. The topological polar surface area (TPSA) is 69.9 Å². The number of esters is 1. The van der Waals surface area contributed by atoms with E-state index in [1.165, 1.54) is 11.8 Å². The van der Waals surface area contributed by atoms with Crippen LogP contribution in [0.25, 0.3) is 11.4 Å². The Morgan fingerprint density at radius 1 is 1.43 bits per heavy atom. The van der Waals surface area contributed by atoms with Crippen molar-refractivity contribution in [3.8, 4) is 11.4 Å². The van der Waals surface area contributed by atoms with Crippen LogP contribution in [0, 0.1) is 0 Å². The number of carbonyl (C=O) groups is 1. The van der Waals surface area contributed by atoms with Gasteiger partial charge in [-0.05, 0) is 12.1 Å². The zero-order valence-electron chi connectivity index (χ0n) is 11.3. The van der Waals surface area contributed by atoms with Crippen molar-refractivity contribution in [1.82, 2.24) is 19.7 Å². The highest BCUT2D eigenvalue weighted by molar-refractivity contribution is 8.00. The molecular weight excluding hydrogens is 288 g/mol. The largest absolute Gasteiger partial charge is 0.465 e. The van der Waals surface area contributed by atoms with Crippen LogP contribution in [-0.2, 0) is 16.1 Å². The molecule has 3 heterocycles. The number of allylic oxidation sites excluding steroid dienone is 1. The normalized spacial score (nSPS) is 17.7. The predicted molar refractivity (Wildman–Crippen MR) is 78.7 cm³/mol. The number of aromatic nitrogens is 4. The molecule has 1 fully saturated rings. The molecule has 0 saturated carbocycles. The minimum absolute atomic E-state index is 0.182. The van der Waals surface area contributed by atoms with Gasteiger partial charge < -0.3 is 4.74 Å². The van der Waals surface area contributed by atoms with Crippen LogP contribution in [0.5, 0.6) is 0 Å². The van der Waals surface area contributed by atoms with E-state index >= 15 is 0 Å². The highest BCUT2D eigenvalue weighted by atomic mass is 32.2. The van der Waals surface area contributed by atoms with Crippen LogP contribution in [-0.4, -0.2) is 37.6 Å². The second-order valence-corrected chi connectivity index (χ2v) is 5.67. The van der Waals surface area contributed by atoms with Gasteiger partial charge in [0.05, 0.1) is 6.61 Å². The van der Waals surface area contributed by atoms with E-state index in [0.717, 1.165) is 11.4 Å². The zero-order chi connectivity index (χ0) is 14.7. The molecule has 6 nitrogen and oxygen atoms in total. The van der Waals surface area contributed by atoms with Gasteiger partial charge in [-0.15, -0.1) is 16.8 Å². The van der Waals surface area contributed by atoms with Gasteiger partial charge in [0, 0.05) is 30.9 Å². The number of hydrogen-bond acceptors (Lipinski definition) is 6. The van der Waals surface area contributed by atoms with Gasteiger partial charge >= 0.3 is 5.97 Å². The molecule has 0 amide bonds. The van der Waals surface area contributed by atoms with Gasteiger partial charge in [0.1, 0.15) is 5.25 Å². The molecule has 2 aromatic heterocycles. The summed E-state index contributed by atoms with van der Waals surface area (Å²) in [7, 11) is 0. The van der Waals surface area contributed by atoms with E-state index in [0.29, 0.717) is 24.7 Å². The Labute approximate surface area is 126 Å². The third-order valence-electron chi connectivity index (χ3n) is 3.10. The molecular formula is C14H14N4O2S. The summed E-state index contributed by atoms with van der Waals surface area (Å²) in [5.74, 6) is 0.560. The number of hydrogen-bond donors (Lipinski definition) is 0. The van der Waals surface area contributed by atoms with Gasteiger partial charge in [0.2, 0.25) is 0 Å². The highest BCUT2D eigenvalue weighted by Gasteiger charge is 2.29. The molecule has 108 valence electrons. The molecule has 1 aliphatic heterocycles. The van der Waals surface area contributed by atoms with Crippen LogP contribution in [0.4, 0.5) is 0 Å². The molecule has 0 spiro atoms. The molecule has 2 aromatic rings. The van der Waals surface area contributed by atoms with Crippen molar-refractivity contribution < 1.29 is 9.53 Å². The van der Waals surface area contributed by atoms with Gasteiger partial charge in [-0.2, -0.15) is 0 Å². The smallest absolute Gasteiger partial charge is 0.319 e. The summed E-state index contributed by atoms with van der Waals surface area (Å²) in [4.78, 5) is 15.6. The lowest BCUT2D eigenvalue weighted by molar-refractivity contribution is -0.137. The van der Waals surface area contributed by atoms with E-state index < -0.39 is 0 Å². The lowest BCUT2D eigenvalue weighted by Gasteiger charge is -2.09. The van der Waals surface area contributed by atoms with Gasteiger partial charge in [-0.1, -0.05) is 17.8 Å². The zero-order valence-corrected chi connectivity index (χ0v) is 12.1. The number of ether oxygens (including phenoxy) is 1. The predicted octanol–water partition coefficient (Wildman–Crippen LogP) is 1.93. The number of nitrogens with zero attached hydrogens (tertiary/aromatic N) is 4. The number of rotatable bonds is 5.